The Morgan fingerprint density at radius 3 is 1.92 bits per heavy atom. The van der Waals surface area contributed by atoms with E-state index in [0.29, 0.717) is 12.2 Å². The second kappa shape index (κ2) is 13.3. The summed E-state index contributed by atoms with van der Waals surface area (Å²) >= 11 is 1.66. The summed E-state index contributed by atoms with van der Waals surface area (Å²) in [7, 11) is -5.84. The van der Waals surface area contributed by atoms with Crippen molar-refractivity contribution in [3.05, 3.63) is 22.4 Å². The number of carbonyl (C=O) groups excluding carboxylic acids is 1. The standard InChI is InChI=1S/C10H14OS.C6H12.CHF3O3S/c1-2-3-5-9(11)8-10-6-4-7-12-10;1-2-4-6-5-3-1;2-1(3,4)8(5,6)7/h4,6-7H,2-3,5,8H2,1H3;1-6H2;(H,5,6,7). The molecule has 1 aliphatic carbocycles. The van der Waals surface area contributed by atoms with Gasteiger partial charge in [-0.3, -0.25) is 9.35 Å². The highest BCUT2D eigenvalue weighted by Gasteiger charge is 2.44. The van der Waals surface area contributed by atoms with E-state index >= 15 is 0 Å². The number of ketones is 1. The van der Waals surface area contributed by atoms with Crippen molar-refractivity contribution in [3.63, 3.8) is 0 Å². The maximum Gasteiger partial charge on any atom is 0.522 e. The van der Waals surface area contributed by atoms with Crippen LogP contribution in [0.3, 0.4) is 0 Å². The monoisotopic (exact) mass is 416 g/mol. The van der Waals surface area contributed by atoms with Gasteiger partial charge in [-0.2, -0.15) is 21.6 Å². The minimum absolute atomic E-state index is 0.374. The first kappa shape index (κ1) is 25.1. The fraction of sp³-hybridized carbons (Fsp3) is 0.706. The van der Waals surface area contributed by atoms with E-state index in [-0.39, 0.29) is 0 Å². The predicted octanol–water partition coefficient (Wildman–Crippen LogP) is 5.78. The quantitative estimate of drug-likeness (QED) is 0.487. The zero-order chi connectivity index (χ0) is 20.1. The molecule has 2 rings (SSSR count). The summed E-state index contributed by atoms with van der Waals surface area (Å²) < 4.78 is 57.5. The number of Topliss-reactive ketones (excluding diaryl/α,β-unsaturated/α-hetero) is 1. The zero-order valence-corrected chi connectivity index (χ0v) is 16.6. The van der Waals surface area contributed by atoms with Crippen molar-refractivity contribution < 1.29 is 30.9 Å². The van der Waals surface area contributed by atoms with Crippen LogP contribution in [0.2, 0.25) is 0 Å². The lowest BCUT2D eigenvalue weighted by molar-refractivity contribution is -0.118. The molecule has 0 aliphatic heterocycles. The molecule has 1 N–H and O–H groups in total. The van der Waals surface area contributed by atoms with E-state index in [0.717, 1.165) is 19.3 Å². The van der Waals surface area contributed by atoms with Crippen LogP contribution in [0.5, 0.6) is 0 Å². The molecule has 0 saturated heterocycles. The van der Waals surface area contributed by atoms with E-state index in [9.17, 15) is 18.0 Å². The fourth-order valence-corrected chi connectivity index (χ4v) is 2.86. The van der Waals surface area contributed by atoms with Crippen LogP contribution in [-0.2, 0) is 21.3 Å². The van der Waals surface area contributed by atoms with Gasteiger partial charge in [0.05, 0.1) is 0 Å². The van der Waals surface area contributed by atoms with Gasteiger partial charge in [-0.05, 0) is 17.9 Å². The Kier molecular flexibility index (Phi) is 12.8. The van der Waals surface area contributed by atoms with Crippen LogP contribution in [0, 0.1) is 0 Å². The molecule has 0 aromatic carbocycles. The summed E-state index contributed by atoms with van der Waals surface area (Å²) in [5.74, 6) is 0.374. The third-order valence-electron chi connectivity index (χ3n) is 3.55. The molecular formula is C17H27F3O4S2. The number of unbranched alkanes of at least 4 members (excludes halogenated alkanes) is 1. The largest absolute Gasteiger partial charge is 0.522 e. The molecule has 1 aromatic heterocycles. The molecule has 4 nitrogen and oxygen atoms in total. The number of halogens is 3. The normalized spacial score (nSPS) is 14.5. The van der Waals surface area contributed by atoms with Crippen molar-refractivity contribution >= 4 is 27.2 Å². The number of rotatable bonds is 5. The van der Waals surface area contributed by atoms with Crippen molar-refractivity contribution in [1.82, 2.24) is 0 Å². The SMILES string of the molecule is C1CCCCC1.CCCCC(=O)Cc1cccs1.O=S(=O)(O)C(F)(F)F. The molecule has 152 valence electrons. The smallest absolute Gasteiger partial charge is 0.299 e. The lowest BCUT2D eigenvalue weighted by Crippen LogP contribution is -2.21. The van der Waals surface area contributed by atoms with Crippen LogP contribution in [0.15, 0.2) is 17.5 Å². The first-order chi connectivity index (χ1) is 12.1. The second-order valence-corrected chi connectivity index (χ2v) is 8.39. The van der Waals surface area contributed by atoms with E-state index in [4.69, 9.17) is 13.0 Å². The molecule has 9 heteroatoms. The molecule has 1 fully saturated rings. The number of hydrogen-bond acceptors (Lipinski definition) is 4. The molecule has 0 bridgehead atoms. The lowest BCUT2D eigenvalue weighted by atomic mass is 10.0. The Balaban J connectivity index is 0.000000387. The van der Waals surface area contributed by atoms with Crippen molar-refractivity contribution in [3.8, 4) is 0 Å². The number of hydrogen-bond donors (Lipinski definition) is 1. The molecular weight excluding hydrogens is 389 g/mol. The minimum atomic E-state index is -5.84. The average Bonchev–Trinajstić information content (AvgIpc) is 3.07. The van der Waals surface area contributed by atoms with Gasteiger partial charge in [-0.25, -0.2) is 0 Å². The van der Waals surface area contributed by atoms with Gasteiger partial charge in [0.25, 0.3) is 0 Å². The minimum Gasteiger partial charge on any atom is -0.299 e. The number of thiophene rings is 1. The molecule has 1 aromatic rings. The van der Waals surface area contributed by atoms with E-state index in [1.165, 1.54) is 43.4 Å². The van der Waals surface area contributed by atoms with Gasteiger partial charge in [-0.1, -0.05) is 57.9 Å². The average molecular weight is 417 g/mol. The third kappa shape index (κ3) is 13.3. The molecule has 0 amide bonds. The molecule has 1 aliphatic rings. The molecule has 1 saturated carbocycles. The van der Waals surface area contributed by atoms with Gasteiger partial charge in [-0.15, -0.1) is 11.3 Å². The van der Waals surface area contributed by atoms with Crippen molar-refractivity contribution in [2.24, 2.45) is 0 Å². The van der Waals surface area contributed by atoms with E-state index in [2.05, 4.69) is 6.92 Å². The maximum absolute atomic E-state index is 11.3. The lowest BCUT2D eigenvalue weighted by Gasteiger charge is -2.05. The van der Waals surface area contributed by atoms with Gasteiger partial charge < -0.3 is 0 Å². The maximum atomic E-state index is 11.3. The predicted molar refractivity (Wildman–Crippen MR) is 97.9 cm³/mol. The van der Waals surface area contributed by atoms with E-state index in [1.54, 1.807) is 11.3 Å². The first-order valence-corrected chi connectivity index (χ1v) is 11.0. The topological polar surface area (TPSA) is 71.4 Å². The zero-order valence-electron chi connectivity index (χ0n) is 14.9. The third-order valence-corrected chi connectivity index (χ3v) is 5.01. The summed E-state index contributed by atoms with van der Waals surface area (Å²) in [5.41, 5.74) is -5.53. The molecule has 0 spiro atoms. The Morgan fingerprint density at radius 2 is 1.62 bits per heavy atom. The van der Waals surface area contributed by atoms with Gasteiger partial charge in [0.2, 0.25) is 0 Å². The van der Waals surface area contributed by atoms with Crippen LogP contribution >= 0.6 is 11.3 Å². The summed E-state index contributed by atoms with van der Waals surface area (Å²) in [4.78, 5) is 12.5. The van der Waals surface area contributed by atoms with Gasteiger partial charge in [0, 0.05) is 17.7 Å². The molecule has 0 unspecified atom stereocenters. The van der Waals surface area contributed by atoms with Crippen LogP contribution in [0.1, 0.15) is 69.6 Å². The van der Waals surface area contributed by atoms with Crippen molar-refractivity contribution in [2.75, 3.05) is 0 Å². The van der Waals surface area contributed by atoms with Crippen LogP contribution in [0.25, 0.3) is 0 Å². The first-order valence-electron chi connectivity index (χ1n) is 8.65. The van der Waals surface area contributed by atoms with Crippen molar-refractivity contribution in [2.45, 2.75) is 76.6 Å². The Bertz CT molecular complexity index is 566. The highest BCUT2D eigenvalue weighted by atomic mass is 32.2. The molecule has 0 atom stereocenters. The Labute approximate surface area is 157 Å². The van der Waals surface area contributed by atoms with E-state index in [1.807, 2.05) is 17.5 Å². The summed E-state index contributed by atoms with van der Waals surface area (Å²) in [6.45, 7) is 2.11. The molecule has 0 radical (unpaired) electrons. The Hall–Kier alpha value is -0.930. The molecule has 26 heavy (non-hydrogen) atoms. The summed E-state index contributed by atoms with van der Waals surface area (Å²) in [6.07, 6.45) is 12.5. The fourth-order valence-electron chi connectivity index (χ4n) is 2.13. The Morgan fingerprint density at radius 1 is 1.15 bits per heavy atom. The molecule has 1 heterocycles. The van der Waals surface area contributed by atoms with Crippen molar-refractivity contribution in [1.29, 1.82) is 0 Å². The summed E-state index contributed by atoms with van der Waals surface area (Å²) in [6, 6.07) is 4.02. The highest BCUT2D eigenvalue weighted by Crippen LogP contribution is 2.20. The van der Waals surface area contributed by atoms with Gasteiger partial charge in [0.1, 0.15) is 5.78 Å². The van der Waals surface area contributed by atoms with Crippen LogP contribution in [-0.4, -0.2) is 24.3 Å². The van der Waals surface area contributed by atoms with Crippen LogP contribution < -0.4 is 0 Å². The van der Waals surface area contributed by atoms with E-state index < -0.39 is 15.6 Å². The highest BCUT2D eigenvalue weighted by molar-refractivity contribution is 7.86. The number of alkyl halides is 3. The second-order valence-electron chi connectivity index (χ2n) is 5.94. The van der Waals surface area contributed by atoms with Gasteiger partial charge >= 0.3 is 15.6 Å². The summed E-state index contributed by atoms with van der Waals surface area (Å²) in [5, 5.41) is 2.02. The van der Waals surface area contributed by atoms with Gasteiger partial charge in [0.15, 0.2) is 0 Å². The van der Waals surface area contributed by atoms with Crippen LogP contribution in [0.4, 0.5) is 13.2 Å². The number of carbonyl (C=O) groups is 1.